The molecule has 3 heterocycles. The quantitative estimate of drug-likeness (QED) is 0.341. The zero-order valence-corrected chi connectivity index (χ0v) is 19.9. The minimum atomic E-state index is -0.168. The van der Waals surface area contributed by atoms with Crippen molar-refractivity contribution in [2.24, 2.45) is 5.92 Å². The Labute approximate surface area is 189 Å². The van der Waals surface area contributed by atoms with E-state index in [4.69, 9.17) is 10.7 Å². The largest absolute Gasteiger partial charge is 0.368 e. The van der Waals surface area contributed by atoms with Gasteiger partial charge in [-0.2, -0.15) is 15.0 Å². The summed E-state index contributed by atoms with van der Waals surface area (Å²) < 4.78 is 1.71. The Bertz CT molecular complexity index is 1200. The summed E-state index contributed by atoms with van der Waals surface area (Å²) in [4.78, 5) is 35.3. The molecule has 0 saturated heterocycles. The fourth-order valence-corrected chi connectivity index (χ4v) is 6.16. The van der Waals surface area contributed by atoms with Crippen LogP contribution in [0.1, 0.15) is 41.8 Å². The Balaban J connectivity index is 1.77. The Morgan fingerprint density at radius 1 is 1.35 bits per heavy atom. The van der Waals surface area contributed by atoms with Gasteiger partial charge >= 0.3 is 0 Å². The van der Waals surface area contributed by atoms with E-state index < -0.39 is 0 Å². The predicted molar refractivity (Wildman–Crippen MR) is 128 cm³/mol. The molecule has 0 aliphatic heterocycles. The number of thioether (sulfide) groups is 1. The molecule has 0 fully saturated rings. The average Bonchev–Trinajstić information content (AvgIpc) is 3.07. The van der Waals surface area contributed by atoms with Gasteiger partial charge in [0, 0.05) is 25.5 Å². The van der Waals surface area contributed by atoms with Crippen LogP contribution in [-0.2, 0) is 19.4 Å². The Morgan fingerprint density at radius 3 is 2.84 bits per heavy atom. The van der Waals surface area contributed by atoms with Crippen LogP contribution in [0.4, 0.5) is 11.9 Å². The third-order valence-corrected chi connectivity index (χ3v) is 7.63. The van der Waals surface area contributed by atoms with E-state index in [-0.39, 0.29) is 16.8 Å². The van der Waals surface area contributed by atoms with Crippen molar-refractivity contribution in [1.29, 1.82) is 0 Å². The highest BCUT2D eigenvalue weighted by molar-refractivity contribution is 7.99. The van der Waals surface area contributed by atoms with E-state index in [1.54, 1.807) is 26.9 Å². The Kier molecular flexibility index (Phi) is 6.02. The Hall–Kier alpha value is -2.46. The molecular weight excluding hydrogens is 430 g/mol. The average molecular weight is 458 g/mol. The number of anilines is 2. The van der Waals surface area contributed by atoms with E-state index in [2.05, 4.69) is 28.5 Å². The van der Waals surface area contributed by atoms with Crippen molar-refractivity contribution in [3.05, 3.63) is 39.3 Å². The van der Waals surface area contributed by atoms with Crippen LogP contribution in [0.5, 0.6) is 0 Å². The van der Waals surface area contributed by atoms with Crippen LogP contribution in [0, 0.1) is 5.92 Å². The van der Waals surface area contributed by atoms with E-state index in [0.29, 0.717) is 29.4 Å². The van der Waals surface area contributed by atoms with Gasteiger partial charge in [0.05, 0.1) is 10.6 Å². The molecule has 2 atom stereocenters. The molecule has 4 rings (SSSR count). The number of nitrogen functional groups attached to an aromatic ring is 1. The molecule has 0 aromatic carbocycles. The maximum atomic E-state index is 13.5. The summed E-state index contributed by atoms with van der Waals surface area (Å²) in [5.74, 6) is 1.88. The first-order valence-corrected chi connectivity index (χ1v) is 12.0. The van der Waals surface area contributed by atoms with Crippen molar-refractivity contribution < 1.29 is 0 Å². The lowest BCUT2D eigenvalue weighted by atomic mass is 9.89. The van der Waals surface area contributed by atoms with Crippen LogP contribution in [0.2, 0.25) is 0 Å². The molecule has 31 heavy (non-hydrogen) atoms. The van der Waals surface area contributed by atoms with E-state index in [1.165, 1.54) is 22.2 Å². The van der Waals surface area contributed by atoms with Gasteiger partial charge in [0.2, 0.25) is 11.9 Å². The van der Waals surface area contributed by atoms with E-state index in [1.807, 2.05) is 21.0 Å². The van der Waals surface area contributed by atoms with Gasteiger partial charge in [-0.25, -0.2) is 4.98 Å². The van der Waals surface area contributed by atoms with Gasteiger partial charge < -0.3 is 10.6 Å². The number of nitrogens with zero attached hydrogens (tertiary/aromatic N) is 6. The molecule has 0 amide bonds. The molecule has 0 saturated carbocycles. The summed E-state index contributed by atoms with van der Waals surface area (Å²) in [5, 5.41) is 1.26. The van der Waals surface area contributed by atoms with Gasteiger partial charge in [0.1, 0.15) is 10.7 Å². The number of nitrogens with two attached hydrogens (primary N) is 1. The van der Waals surface area contributed by atoms with Gasteiger partial charge in [0.25, 0.3) is 5.56 Å². The fraction of sp³-hybridized carbons (Fsp3) is 0.476. The molecule has 3 aromatic rings. The summed E-state index contributed by atoms with van der Waals surface area (Å²) in [6, 6.07) is 0. The number of fused-ring (bicyclic) bond motifs is 3. The number of allylic oxidation sites excluding steroid dienone is 1. The highest BCUT2D eigenvalue weighted by atomic mass is 32.2. The van der Waals surface area contributed by atoms with E-state index in [0.717, 1.165) is 29.5 Å². The van der Waals surface area contributed by atoms with Crippen LogP contribution in [-0.4, -0.2) is 38.6 Å². The predicted octanol–water partition coefficient (Wildman–Crippen LogP) is 3.46. The molecule has 8 nitrogen and oxygen atoms in total. The van der Waals surface area contributed by atoms with Crippen molar-refractivity contribution >= 4 is 45.2 Å². The smallest absolute Gasteiger partial charge is 0.263 e. The fourth-order valence-electron chi connectivity index (χ4n) is 3.77. The number of rotatable bonds is 6. The summed E-state index contributed by atoms with van der Waals surface area (Å²) in [6.45, 7) is 8.48. The minimum absolute atomic E-state index is 0.00999. The van der Waals surface area contributed by atoms with Gasteiger partial charge in [-0.3, -0.25) is 9.36 Å². The SMILES string of the molecule is C=CCn1c(S[C@H](C)c2nc(N)nc(N(C)C)n2)nc2sc3c(c2c1=O)CC[C@@H](C)C3. The van der Waals surface area contributed by atoms with Crippen LogP contribution in [0.25, 0.3) is 10.2 Å². The maximum absolute atomic E-state index is 13.5. The van der Waals surface area contributed by atoms with Crippen molar-refractivity contribution in [2.45, 2.75) is 50.1 Å². The van der Waals surface area contributed by atoms with Crippen molar-refractivity contribution in [2.75, 3.05) is 24.7 Å². The topological polar surface area (TPSA) is 103 Å². The second-order valence-electron chi connectivity index (χ2n) is 8.14. The maximum Gasteiger partial charge on any atom is 0.263 e. The molecule has 0 unspecified atom stereocenters. The van der Waals surface area contributed by atoms with Crippen molar-refractivity contribution in [3.63, 3.8) is 0 Å². The highest BCUT2D eigenvalue weighted by Crippen LogP contribution is 2.38. The standard InChI is InChI=1S/C21H27N7OS2/c1-6-9-28-18(29)15-13-8-7-11(2)10-14(13)31-17(15)25-21(28)30-12(3)16-23-19(22)26-20(24-16)27(4)5/h6,11-12H,1,7-10H2,2-5H3,(H2,22,23,24,26)/t11-,12-/m1/s1. The number of thiophene rings is 1. The monoisotopic (exact) mass is 457 g/mol. The molecule has 10 heteroatoms. The van der Waals surface area contributed by atoms with Crippen molar-refractivity contribution in [3.8, 4) is 0 Å². The Morgan fingerprint density at radius 2 is 2.13 bits per heavy atom. The zero-order valence-electron chi connectivity index (χ0n) is 18.3. The van der Waals surface area contributed by atoms with Crippen LogP contribution in [0.3, 0.4) is 0 Å². The summed E-state index contributed by atoms with van der Waals surface area (Å²) >= 11 is 3.11. The second-order valence-corrected chi connectivity index (χ2v) is 10.5. The van der Waals surface area contributed by atoms with Gasteiger partial charge in [-0.1, -0.05) is 24.8 Å². The number of aromatic nitrogens is 5. The normalized spacial score (nSPS) is 16.8. The van der Waals surface area contributed by atoms with Gasteiger partial charge in [0.15, 0.2) is 5.16 Å². The van der Waals surface area contributed by atoms with Crippen molar-refractivity contribution in [1.82, 2.24) is 24.5 Å². The first kappa shape index (κ1) is 21.8. The highest BCUT2D eigenvalue weighted by Gasteiger charge is 2.25. The molecule has 1 aliphatic rings. The second kappa shape index (κ2) is 8.58. The van der Waals surface area contributed by atoms with Gasteiger partial charge in [-0.15, -0.1) is 17.9 Å². The molecule has 0 radical (unpaired) electrons. The minimum Gasteiger partial charge on any atom is -0.368 e. The lowest BCUT2D eigenvalue weighted by molar-refractivity contribution is 0.509. The van der Waals surface area contributed by atoms with E-state index in [9.17, 15) is 4.79 Å². The summed E-state index contributed by atoms with van der Waals surface area (Å²) in [7, 11) is 3.71. The first-order chi connectivity index (χ1) is 14.8. The molecule has 0 spiro atoms. The first-order valence-electron chi connectivity index (χ1n) is 10.3. The van der Waals surface area contributed by atoms with Gasteiger partial charge in [-0.05, 0) is 37.7 Å². The number of aryl methyl sites for hydroxylation is 1. The molecule has 3 aromatic heterocycles. The van der Waals surface area contributed by atoms with Crippen LogP contribution in [0.15, 0.2) is 22.6 Å². The lowest BCUT2D eigenvalue weighted by Crippen LogP contribution is -2.24. The van der Waals surface area contributed by atoms with Crippen LogP contribution >= 0.6 is 23.1 Å². The molecule has 164 valence electrons. The molecular formula is C21H27N7OS2. The third kappa shape index (κ3) is 4.18. The number of hydrogen-bond donors (Lipinski definition) is 1. The van der Waals surface area contributed by atoms with E-state index >= 15 is 0 Å². The van der Waals surface area contributed by atoms with Crippen LogP contribution < -0.4 is 16.2 Å². The zero-order chi connectivity index (χ0) is 22.3. The molecule has 2 N–H and O–H groups in total. The molecule has 1 aliphatic carbocycles. The lowest BCUT2D eigenvalue weighted by Gasteiger charge is -2.18. The summed E-state index contributed by atoms with van der Waals surface area (Å²) in [6.07, 6.45) is 4.81. The summed E-state index contributed by atoms with van der Waals surface area (Å²) in [5.41, 5.74) is 7.09. The molecule has 0 bridgehead atoms. The third-order valence-electron chi connectivity index (χ3n) is 5.40. The number of hydrogen-bond acceptors (Lipinski definition) is 9.